The number of aliphatic hydroxyl groups excluding tert-OH is 1. The van der Waals surface area contributed by atoms with Crippen molar-refractivity contribution in [2.24, 2.45) is 0 Å². The number of pyridine rings is 1. The van der Waals surface area contributed by atoms with Gasteiger partial charge in [-0.15, -0.1) is 0 Å². The van der Waals surface area contributed by atoms with Gasteiger partial charge in [-0.3, -0.25) is 4.90 Å². The Morgan fingerprint density at radius 2 is 1.80 bits per heavy atom. The van der Waals surface area contributed by atoms with Crippen LogP contribution in [0.4, 0.5) is 25.3 Å². The van der Waals surface area contributed by atoms with Gasteiger partial charge in [0.1, 0.15) is 28.0 Å². The Morgan fingerprint density at radius 3 is 2.42 bits per heavy atom. The van der Waals surface area contributed by atoms with Gasteiger partial charge in [0.15, 0.2) is 10.9 Å². The lowest BCUT2D eigenvalue weighted by Gasteiger charge is -2.36. The lowest BCUT2D eigenvalue weighted by molar-refractivity contribution is 0.189. The quantitative estimate of drug-likeness (QED) is 0.286. The minimum atomic E-state index is -0.381. The van der Waals surface area contributed by atoms with Gasteiger partial charge < -0.3 is 14.9 Å². The smallest absolute Gasteiger partial charge is 0.191 e. The molecule has 3 heterocycles. The van der Waals surface area contributed by atoms with Crippen LogP contribution in [0.15, 0.2) is 42.5 Å². The van der Waals surface area contributed by atoms with Gasteiger partial charge in [-0.25, -0.2) is 18.7 Å². The van der Waals surface area contributed by atoms with E-state index in [0.29, 0.717) is 45.3 Å². The number of halogens is 2. The number of nitrogens with zero attached hydrogens (tertiary/aromatic N) is 6. The first-order valence-electron chi connectivity index (χ1n) is 13.5. The molecule has 2 aromatic carbocycles. The van der Waals surface area contributed by atoms with E-state index in [4.69, 9.17) is 9.97 Å². The molecule has 208 valence electrons. The van der Waals surface area contributed by atoms with Crippen molar-refractivity contribution >= 4 is 38.7 Å². The van der Waals surface area contributed by atoms with Crippen molar-refractivity contribution in [3.63, 3.8) is 0 Å². The Kier molecular flexibility index (Phi) is 8.26. The predicted molar refractivity (Wildman–Crippen MR) is 156 cm³/mol. The second-order valence-electron chi connectivity index (χ2n) is 10.1. The molecule has 0 bridgehead atoms. The topological polar surface area (TPSA) is 79.5 Å². The molecule has 4 aromatic rings. The second kappa shape index (κ2) is 11.8. The second-order valence-corrected chi connectivity index (χ2v) is 11.1. The van der Waals surface area contributed by atoms with Crippen molar-refractivity contribution in [3.05, 3.63) is 64.7 Å². The Labute approximate surface area is 236 Å². The van der Waals surface area contributed by atoms with Crippen LogP contribution < -0.4 is 9.80 Å². The maximum Gasteiger partial charge on any atom is 0.191 e. The molecule has 0 aliphatic carbocycles. The minimum Gasteiger partial charge on any atom is -0.395 e. The molecule has 10 heteroatoms. The monoisotopic (exact) mass is 562 g/mol. The third kappa shape index (κ3) is 5.50. The lowest BCUT2D eigenvalue weighted by atomic mass is 10.0. The van der Waals surface area contributed by atoms with E-state index in [2.05, 4.69) is 15.9 Å². The van der Waals surface area contributed by atoms with E-state index in [1.54, 1.807) is 18.2 Å². The van der Waals surface area contributed by atoms with Crippen molar-refractivity contribution < 1.29 is 13.9 Å². The number of aliphatic hydroxyl groups is 1. The van der Waals surface area contributed by atoms with E-state index in [9.17, 15) is 14.8 Å². The molecule has 1 aliphatic heterocycles. The Balaban J connectivity index is 1.62. The van der Waals surface area contributed by atoms with E-state index >= 15 is 4.39 Å². The Morgan fingerprint density at radius 1 is 1.07 bits per heavy atom. The summed E-state index contributed by atoms with van der Waals surface area (Å²) in [6.45, 7) is 10.4. The number of hydrogen-bond acceptors (Lipinski definition) is 8. The summed E-state index contributed by atoms with van der Waals surface area (Å²) >= 11 is 1.26. The number of rotatable bonds is 8. The third-order valence-corrected chi connectivity index (χ3v) is 8.25. The molecule has 1 saturated heterocycles. The van der Waals surface area contributed by atoms with Crippen molar-refractivity contribution in [3.8, 4) is 17.3 Å². The highest BCUT2D eigenvalue weighted by Gasteiger charge is 2.24. The Bertz CT molecular complexity index is 1540. The zero-order chi connectivity index (χ0) is 28.4. The van der Waals surface area contributed by atoms with Gasteiger partial charge in [0.2, 0.25) is 0 Å². The summed E-state index contributed by atoms with van der Waals surface area (Å²) in [7, 11) is 0. The van der Waals surface area contributed by atoms with Gasteiger partial charge in [-0.2, -0.15) is 5.26 Å². The standard InChI is InChI=1S/C30H32F2N6OS/c1-4-38(30-35-28(27(18-33)40-30)20-5-7-21(31)8-6-20)26-17-25(19(2)3)34-29-23(26)15-22(16-24(29)32)37-11-9-36(10-12-37)13-14-39/h5-8,15-17,19,39H,4,9-14H2,1-3H3. The summed E-state index contributed by atoms with van der Waals surface area (Å²) in [6, 6.07) is 13.7. The molecule has 40 heavy (non-hydrogen) atoms. The van der Waals surface area contributed by atoms with Crippen molar-refractivity contribution in [1.29, 1.82) is 5.26 Å². The van der Waals surface area contributed by atoms with Gasteiger partial charge in [-0.1, -0.05) is 25.2 Å². The van der Waals surface area contributed by atoms with Crippen molar-refractivity contribution in [1.82, 2.24) is 14.9 Å². The van der Waals surface area contributed by atoms with E-state index in [1.807, 2.05) is 37.8 Å². The Hall–Kier alpha value is -3.65. The summed E-state index contributed by atoms with van der Waals surface area (Å²) in [5.41, 5.74) is 3.79. The van der Waals surface area contributed by atoms with Gasteiger partial charge in [0.25, 0.3) is 0 Å². The van der Waals surface area contributed by atoms with Crippen LogP contribution in [-0.2, 0) is 0 Å². The number of hydrogen-bond donors (Lipinski definition) is 1. The van der Waals surface area contributed by atoms with E-state index in [0.717, 1.165) is 43.2 Å². The summed E-state index contributed by atoms with van der Waals surface area (Å²) in [6.07, 6.45) is 0. The molecule has 1 fully saturated rings. The van der Waals surface area contributed by atoms with Gasteiger partial charge >= 0.3 is 0 Å². The molecule has 5 rings (SSSR count). The van der Waals surface area contributed by atoms with Crippen molar-refractivity contribution in [2.75, 3.05) is 55.7 Å². The number of piperazine rings is 1. The zero-order valence-corrected chi connectivity index (χ0v) is 23.7. The molecule has 0 atom stereocenters. The maximum absolute atomic E-state index is 15.7. The highest BCUT2D eigenvalue weighted by molar-refractivity contribution is 7.16. The van der Waals surface area contributed by atoms with Crippen LogP contribution in [0.1, 0.15) is 37.3 Å². The SMILES string of the molecule is CCN(c1nc(-c2ccc(F)cc2)c(C#N)s1)c1cc(C(C)C)nc2c(F)cc(N3CCN(CCO)CC3)cc12. The number of fused-ring (bicyclic) bond motifs is 1. The number of thiazole rings is 1. The highest BCUT2D eigenvalue weighted by Crippen LogP contribution is 2.40. The van der Waals surface area contributed by atoms with Crippen LogP contribution in [0.5, 0.6) is 0 Å². The molecule has 2 aromatic heterocycles. The van der Waals surface area contributed by atoms with Crippen LogP contribution in [0.2, 0.25) is 0 Å². The van der Waals surface area contributed by atoms with Crippen molar-refractivity contribution in [2.45, 2.75) is 26.7 Å². The molecule has 1 aliphatic rings. The maximum atomic E-state index is 15.7. The average Bonchev–Trinajstić information content (AvgIpc) is 3.38. The molecule has 0 radical (unpaired) electrons. The first-order chi connectivity index (χ1) is 19.3. The normalized spacial score (nSPS) is 14.2. The number of benzene rings is 2. The van der Waals surface area contributed by atoms with E-state index in [-0.39, 0.29) is 24.2 Å². The molecule has 0 spiro atoms. The van der Waals surface area contributed by atoms with E-state index in [1.165, 1.54) is 23.5 Å². The number of anilines is 3. The number of aromatic nitrogens is 2. The third-order valence-electron chi connectivity index (χ3n) is 7.27. The van der Waals surface area contributed by atoms with Gasteiger partial charge in [-0.05, 0) is 55.3 Å². The fourth-order valence-electron chi connectivity index (χ4n) is 5.06. The van der Waals surface area contributed by atoms with Crippen LogP contribution in [0.25, 0.3) is 22.2 Å². The van der Waals surface area contributed by atoms with Gasteiger partial charge in [0.05, 0.1) is 12.3 Å². The lowest BCUT2D eigenvalue weighted by Crippen LogP contribution is -2.47. The molecular weight excluding hydrogens is 530 g/mol. The number of nitriles is 1. The van der Waals surface area contributed by atoms with Crippen LogP contribution in [-0.4, -0.2) is 65.8 Å². The molecule has 0 amide bonds. The zero-order valence-electron chi connectivity index (χ0n) is 22.9. The summed E-state index contributed by atoms with van der Waals surface area (Å²) in [4.78, 5) is 16.3. The first kappa shape index (κ1) is 27.9. The van der Waals surface area contributed by atoms with Crippen LogP contribution in [0, 0.1) is 23.0 Å². The van der Waals surface area contributed by atoms with Crippen LogP contribution in [0.3, 0.4) is 0 Å². The molecule has 0 unspecified atom stereocenters. The summed E-state index contributed by atoms with van der Waals surface area (Å²) in [5.74, 6) is -0.666. The average molecular weight is 563 g/mol. The van der Waals surface area contributed by atoms with E-state index < -0.39 is 0 Å². The fourth-order valence-corrected chi connectivity index (χ4v) is 6.02. The number of β-amino-alcohol motifs (C(OH)–C–C–N with tert-alkyl or cyclic N) is 1. The minimum absolute atomic E-state index is 0.0706. The molecule has 0 saturated carbocycles. The summed E-state index contributed by atoms with van der Waals surface area (Å²) in [5, 5.41) is 20.4. The highest BCUT2D eigenvalue weighted by atomic mass is 32.1. The fraction of sp³-hybridized carbons (Fsp3) is 0.367. The predicted octanol–water partition coefficient (Wildman–Crippen LogP) is 5.90. The molecule has 1 N–H and O–H groups in total. The molecular formula is C30H32F2N6OS. The van der Waals surface area contributed by atoms with Crippen LogP contribution >= 0.6 is 11.3 Å². The largest absolute Gasteiger partial charge is 0.395 e. The first-order valence-corrected chi connectivity index (χ1v) is 14.3. The van der Waals surface area contributed by atoms with Gasteiger partial charge in [0, 0.05) is 61.6 Å². The molecule has 7 nitrogen and oxygen atoms in total. The summed E-state index contributed by atoms with van der Waals surface area (Å²) < 4.78 is 29.3.